The fourth-order valence-electron chi connectivity index (χ4n) is 2.09. The highest BCUT2D eigenvalue weighted by molar-refractivity contribution is 8.00. The molecule has 6 heteroatoms. The van der Waals surface area contributed by atoms with Gasteiger partial charge < -0.3 is 20.7 Å². The molecule has 0 aliphatic rings. The van der Waals surface area contributed by atoms with Crippen molar-refractivity contribution in [3.05, 3.63) is 0 Å². The van der Waals surface area contributed by atoms with Crippen LogP contribution in [0.15, 0.2) is 0 Å². The molecule has 0 fully saturated rings. The van der Waals surface area contributed by atoms with E-state index in [9.17, 15) is 15.0 Å². The normalized spacial score (nSPS) is 18.2. The molecule has 0 saturated heterocycles. The fourth-order valence-corrected chi connectivity index (χ4v) is 3.04. The van der Waals surface area contributed by atoms with E-state index in [1.54, 1.807) is 20.8 Å². The lowest BCUT2D eigenvalue weighted by atomic mass is 9.89. The Balaban J connectivity index is 5.04. The van der Waals surface area contributed by atoms with Crippen LogP contribution in [0.3, 0.4) is 0 Å². The second-order valence-corrected chi connectivity index (χ2v) is 9.16. The van der Waals surface area contributed by atoms with Gasteiger partial charge in [-0.2, -0.15) is 0 Å². The van der Waals surface area contributed by atoms with Gasteiger partial charge in [0.1, 0.15) is 11.7 Å². The zero-order valence-corrected chi connectivity index (χ0v) is 15.7. The molecule has 0 radical (unpaired) electrons. The third-order valence-corrected chi connectivity index (χ3v) is 4.10. The third kappa shape index (κ3) is 8.36. The second kappa shape index (κ2) is 9.11. The van der Waals surface area contributed by atoms with Crippen molar-refractivity contribution < 1.29 is 19.7 Å². The summed E-state index contributed by atoms with van der Waals surface area (Å²) in [6.45, 7) is 13.2. The highest BCUT2D eigenvalue weighted by Gasteiger charge is 2.38. The molecule has 0 saturated carbocycles. The number of rotatable bonds is 8. The number of thioether (sulfide) groups is 1. The standard InChI is InChI=1S/C16H33NO4S/c1-9(2)8-11(15(20)21-16(5,6)7)12(18)13(19)14(17)22-10(3)4/h9-14,18-19H,8,17H2,1-7H3/t11-,12?,13?,14?/m0/s1. The van der Waals surface area contributed by atoms with Gasteiger partial charge in [0.25, 0.3) is 0 Å². The molecule has 4 atom stereocenters. The largest absolute Gasteiger partial charge is 0.460 e. The predicted molar refractivity (Wildman–Crippen MR) is 91.5 cm³/mol. The van der Waals surface area contributed by atoms with Crippen LogP contribution in [0.4, 0.5) is 0 Å². The SMILES string of the molecule is CC(C)C[C@H](C(=O)OC(C)(C)C)C(O)C(O)C(N)SC(C)C. The van der Waals surface area contributed by atoms with Crippen LogP contribution in [0.5, 0.6) is 0 Å². The molecule has 132 valence electrons. The van der Waals surface area contributed by atoms with Crippen LogP contribution in [-0.2, 0) is 9.53 Å². The summed E-state index contributed by atoms with van der Waals surface area (Å²) in [4.78, 5) is 12.3. The summed E-state index contributed by atoms with van der Waals surface area (Å²) in [5.41, 5.74) is 5.28. The van der Waals surface area contributed by atoms with Crippen molar-refractivity contribution in [3.63, 3.8) is 0 Å². The summed E-state index contributed by atoms with van der Waals surface area (Å²) in [6.07, 6.45) is -1.98. The fraction of sp³-hybridized carbons (Fsp3) is 0.938. The minimum atomic E-state index is -1.24. The molecule has 0 aliphatic heterocycles. The van der Waals surface area contributed by atoms with E-state index in [1.165, 1.54) is 11.8 Å². The van der Waals surface area contributed by atoms with Gasteiger partial charge in [0, 0.05) is 5.25 Å². The highest BCUT2D eigenvalue weighted by atomic mass is 32.2. The van der Waals surface area contributed by atoms with Gasteiger partial charge in [-0.05, 0) is 33.1 Å². The predicted octanol–water partition coefficient (Wildman–Crippen LogP) is 2.14. The lowest BCUT2D eigenvalue weighted by Crippen LogP contribution is -2.48. The van der Waals surface area contributed by atoms with E-state index in [0.29, 0.717) is 6.42 Å². The Morgan fingerprint density at radius 3 is 2.00 bits per heavy atom. The number of hydrogen-bond donors (Lipinski definition) is 3. The summed E-state index contributed by atoms with van der Waals surface area (Å²) in [5, 5.41) is 20.3. The maximum Gasteiger partial charge on any atom is 0.312 e. The van der Waals surface area contributed by atoms with Crippen LogP contribution < -0.4 is 5.73 Å². The van der Waals surface area contributed by atoms with Crippen LogP contribution in [0.1, 0.15) is 54.9 Å². The van der Waals surface area contributed by atoms with Crippen LogP contribution in [0.25, 0.3) is 0 Å². The lowest BCUT2D eigenvalue weighted by Gasteiger charge is -2.32. The quantitative estimate of drug-likeness (QED) is 0.465. The molecule has 0 aromatic carbocycles. The molecular formula is C16H33NO4S. The molecule has 0 amide bonds. The number of ether oxygens (including phenoxy) is 1. The average Bonchev–Trinajstić information content (AvgIpc) is 2.30. The van der Waals surface area contributed by atoms with Crippen molar-refractivity contribution in [3.8, 4) is 0 Å². The lowest BCUT2D eigenvalue weighted by molar-refractivity contribution is -0.168. The van der Waals surface area contributed by atoms with Gasteiger partial charge in [-0.15, -0.1) is 11.8 Å². The van der Waals surface area contributed by atoms with Gasteiger partial charge in [-0.3, -0.25) is 4.79 Å². The van der Waals surface area contributed by atoms with Crippen LogP contribution in [0, 0.1) is 11.8 Å². The van der Waals surface area contributed by atoms with Crippen LogP contribution in [-0.4, -0.2) is 44.6 Å². The smallest absolute Gasteiger partial charge is 0.312 e. The number of carbonyl (C=O) groups is 1. The Morgan fingerprint density at radius 2 is 1.64 bits per heavy atom. The maximum absolute atomic E-state index is 12.3. The van der Waals surface area contributed by atoms with Crippen molar-refractivity contribution in [1.82, 2.24) is 0 Å². The van der Waals surface area contributed by atoms with Crippen molar-refractivity contribution in [2.45, 2.75) is 83.3 Å². The molecule has 5 nitrogen and oxygen atoms in total. The van der Waals surface area contributed by atoms with E-state index in [2.05, 4.69) is 0 Å². The minimum absolute atomic E-state index is 0.188. The van der Waals surface area contributed by atoms with E-state index >= 15 is 0 Å². The molecule has 0 heterocycles. The molecular weight excluding hydrogens is 302 g/mol. The first-order chi connectivity index (χ1) is 9.85. The van der Waals surface area contributed by atoms with Crippen LogP contribution >= 0.6 is 11.8 Å². The maximum atomic E-state index is 12.3. The van der Waals surface area contributed by atoms with E-state index in [1.807, 2.05) is 27.7 Å². The van der Waals surface area contributed by atoms with Crippen molar-refractivity contribution in [2.75, 3.05) is 0 Å². The van der Waals surface area contributed by atoms with Crippen molar-refractivity contribution in [1.29, 1.82) is 0 Å². The molecule has 22 heavy (non-hydrogen) atoms. The number of aliphatic hydroxyl groups excluding tert-OH is 2. The molecule has 0 bridgehead atoms. The molecule has 0 aliphatic carbocycles. The Kier molecular flexibility index (Phi) is 8.98. The van der Waals surface area contributed by atoms with Gasteiger partial charge in [-0.25, -0.2) is 0 Å². The molecule has 0 rings (SSSR count). The zero-order valence-electron chi connectivity index (χ0n) is 14.9. The summed E-state index contributed by atoms with van der Waals surface area (Å²) < 4.78 is 5.38. The van der Waals surface area contributed by atoms with Gasteiger partial charge in [0.05, 0.1) is 17.4 Å². The first kappa shape index (κ1) is 21.7. The Bertz CT molecular complexity index is 342. The third-order valence-electron chi connectivity index (χ3n) is 2.96. The second-order valence-electron chi connectivity index (χ2n) is 7.40. The van der Waals surface area contributed by atoms with Gasteiger partial charge >= 0.3 is 5.97 Å². The summed E-state index contributed by atoms with van der Waals surface area (Å²) >= 11 is 1.37. The topological polar surface area (TPSA) is 92.8 Å². The van der Waals surface area contributed by atoms with Gasteiger partial charge in [0.2, 0.25) is 0 Å². The number of carbonyl (C=O) groups excluding carboxylic acids is 1. The average molecular weight is 336 g/mol. The summed E-state index contributed by atoms with van der Waals surface area (Å²) in [6, 6.07) is 0. The van der Waals surface area contributed by atoms with E-state index in [4.69, 9.17) is 10.5 Å². The molecule has 0 aromatic rings. The highest BCUT2D eigenvalue weighted by Crippen LogP contribution is 2.26. The summed E-state index contributed by atoms with van der Waals surface area (Å²) in [5.74, 6) is -1.09. The molecule has 0 aromatic heterocycles. The zero-order chi connectivity index (χ0) is 17.7. The number of nitrogens with two attached hydrogens (primary N) is 1. The van der Waals surface area contributed by atoms with E-state index in [-0.39, 0.29) is 11.2 Å². The number of aliphatic hydroxyl groups is 2. The van der Waals surface area contributed by atoms with Crippen molar-refractivity contribution >= 4 is 17.7 Å². The minimum Gasteiger partial charge on any atom is -0.460 e. The Morgan fingerprint density at radius 1 is 1.14 bits per heavy atom. The van der Waals surface area contributed by atoms with E-state index < -0.39 is 35.1 Å². The molecule has 4 N–H and O–H groups in total. The van der Waals surface area contributed by atoms with Crippen molar-refractivity contribution in [2.24, 2.45) is 17.6 Å². The number of esters is 1. The summed E-state index contributed by atoms with van der Waals surface area (Å²) in [7, 11) is 0. The van der Waals surface area contributed by atoms with E-state index in [0.717, 1.165) is 0 Å². The first-order valence-electron chi connectivity index (χ1n) is 7.85. The number of hydrogen-bond acceptors (Lipinski definition) is 6. The Labute approximate surface area is 139 Å². The Hall–Kier alpha value is -0.300. The molecule has 3 unspecified atom stereocenters. The molecule has 0 spiro atoms. The van der Waals surface area contributed by atoms with Gasteiger partial charge in [0.15, 0.2) is 0 Å². The first-order valence-corrected chi connectivity index (χ1v) is 8.79. The van der Waals surface area contributed by atoms with Gasteiger partial charge in [-0.1, -0.05) is 27.7 Å². The monoisotopic (exact) mass is 335 g/mol. The van der Waals surface area contributed by atoms with Crippen LogP contribution in [0.2, 0.25) is 0 Å².